The summed E-state index contributed by atoms with van der Waals surface area (Å²) in [5.41, 5.74) is 16.3. The van der Waals surface area contributed by atoms with Gasteiger partial charge in [0.1, 0.15) is 11.5 Å². The maximum Gasteiger partial charge on any atom is 0.251 e. The molecule has 2 aromatic carbocycles. The topological polar surface area (TPSA) is 122 Å². The lowest BCUT2D eigenvalue weighted by molar-refractivity contribution is 0.0953. The van der Waals surface area contributed by atoms with Crippen LogP contribution in [0, 0.1) is 11.2 Å². The van der Waals surface area contributed by atoms with E-state index in [1.54, 1.807) is 30.5 Å². The van der Waals surface area contributed by atoms with Crippen molar-refractivity contribution in [2.75, 3.05) is 13.1 Å². The summed E-state index contributed by atoms with van der Waals surface area (Å²) in [6.07, 6.45) is 5.72. The number of pyridine rings is 1. The van der Waals surface area contributed by atoms with Gasteiger partial charge in [0.15, 0.2) is 0 Å². The number of imidazole rings is 1. The molecule has 8 heteroatoms. The van der Waals surface area contributed by atoms with Crippen LogP contribution in [0.2, 0.25) is 0 Å². The highest BCUT2D eigenvalue weighted by Gasteiger charge is 2.14. The summed E-state index contributed by atoms with van der Waals surface area (Å²) in [7, 11) is 0. The third-order valence-electron chi connectivity index (χ3n) is 5.49. The number of amides is 1. The Morgan fingerprint density at radius 3 is 2.38 bits per heavy atom. The molecule has 0 unspecified atom stereocenters. The van der Waals surface area contributed by atoms with Gasteiger partial charge < -0.3 is 16.8 Å². The molecule has 0 spiro atoms. The Kier molecular flexibility index (Phi) is 6.79. The summed E-state index contributed by atoms with van der Waals surface area (Å²) in [4.78, 5) is 16.7. The number of fused-ring (bicyclic) bond motifs is 1. The van der Waals surface area contributed by atoms with Crippen LogP contribution in [0.3, 0.4) is 0 Å². The van der Waals surface area contributed by atoms with Crippen molar-refractivity contribution in [1.82, 2.24) is 14.7 Å². The molecule has 7 nitrogen and oxygen atoms in total. The van der Waals surface area contributed by atoms with Gasteiger partial charge in [-0.3, -0.25) is 14.6 Å². The van der Waals surface area contributed by atoms with Crippen LogP contribution in [-0.2, 0) is 0 Å². The molecule has 0 saturated carbocycles. The number of aromatic nitrogens is 2. The van der Waals surface area contributed by atoms with Crippen LogP contribution in [-0.4, -0.2) is 34.1 Å². The molecular formula is C26H25FN6O. The molecule has 0 atom stereocenters. The molecule has 0 fully saturated rings. The Morgan fingerprint density at radius 2 is 1.71 bits per heavy atom. The van der Waals surface area contributed by atoms with Crippen LogP contribution in [0.25, 0.3) is 22.5 Å². The quantitative estimate of drug-likeness (QED) is 0.239. The molecule has 0 saturated heterocycles. The number of halogens is 1. The third kappa shape index (κ3) is 4.72. The minimum absolute atomic E-state index is 0.141. The molecule has 172 valence electrons. The van der Waals surface area contributed by atoms with Gasteiger partial charge in [-0.1, -0.05) is 12.1 Å². The van der Waals surface area contributed by atoms with Gasteiger partial charge in [-0.15, -0.1) is 0 Å². The number of carbonyl (C=O) groups excluding carboxylic acids is 1. The van der Waals surface area contributed by atoms with E-state index in [0.717, 1.165) is 28.9 Å². The Bertz CT molecular complexity index is 1360. The van der Waals surface area contributed by atoms with Gasteiger partial charge >= 0.3 is 0 Å². The first kappa shape index (κ1) is 22.9. The first-order chi connectivity index (χ1) is 16.5. The van der Waals surface area contributed by atoms with E-state index < -0.39 is 0 Å². The number of carbonyl (C=O) groups is 1. The summed E-state index contributed by atoms with van der Waals surface area (Å²) in [5.74, 6) is -0.504. The highest BCUT2D eigenvalue weighted by atomic mass is 19.1. The number of benzene rings is 2. The fourth-order valence-electron chi connectivity index (χ4n) is 3.65. The second-order valence-electron chi connectivity index (χ2n) is 7.73. The molecule has 6 N–H and O–H groups in total. The van der Waals surface area contributed by atoms with Crippen molar-refractivity contribution in [2.24, 2.45) is 11.5 Å². The molecule has 34 heavy (non-hydrogen) atoms. The normalized spacial score (nSPS) is 11.5. The average molecular weight is 457 g/mol. The van der Waals surface area contributed by atoms with E-state index in [-0.39, 0.29) is 17.4 Å². The fraction of sp³-hybridized carbons (Fsp3) is 0.115. The third-order valence-corrected chi connectivity index (χ3v) is 5.49. The van der Waals surface area contributed by atoms with Crippen molar-refractivity contribution in [3.63, 3.8) is 0 Å². The Hall–Kier alpha value is -4.30. The number of rotatable bonds is 8. The van der Waals surface area contributed by atoms with Gasteiger partial charge in [0.2, 0.25) is 0 Å². The van der Waals surface area contributed by atoms with Crippen molar-refractivity contribution in [2.45, 2.75) is 6.42 Å². The van der Waals surface area contributed by atoms with Gasteiger partial charge in [-0.05, 0) is 61.5 Å². The highest BCUT2D eigenvalue weighted by molar-refractivity contribution is 6.30. The van der Waals surface area contributed by atoms with Gasteiger partial charge in [-0.2, -0.15) is 0 Å². The summed E-state index contributed by atoms with van der Waals surface area (Å²) >= 11 is 0. The maximum absolute atomic E-state index is 13.3. The Labute approximate surface area is 196 Å². The maximum atomic E-state index is 13.3. The van der Waals surface area contributed by atoms with Crippen LogP contribution >= 0.6 is 0 Å². The van der Waals surface area contributed by atoms with E-state index in [1.807, 2.05) is 34.9 Å². The molecule has 0 aliphatic heterocycles. The molecule has 0 aliphatic carbocycles. The molecule has 2 aromatic heterocycles. The van der Waals surface area contributed by atoms with Crippen molar-refractivity contribution in [3.8, 4) is 11.3 Å². The fourth-order valence-corrected chi connectivity index (χ4v) is 3.65. The minimum atomic E-state index is -0.363. The zero-order valence-electron chi connectivity index (χ0n) is 18.5. The Morgan fingerprint density at radius 1 is 1.03 bits per heavy atom. The minimum Gasteiger partial charge on any atom is -0.404 e. The Balaban J connectivity index is 1.63. The van der Waals surface area contributed by atoms with Crippen molar-refractivity contribution in [3.05, 3.63) is 102 Å². The molecular weight excluding hydrogens is 431 g/mol. The molecule has 0 radical (unpaired) electrons. The van der Waals surface area contributed by atoms with Gasteiger partial charge in [0.05, 0.1) is 17.6 Å². The summed E-state index contributed by atoms with van der Waals surface area (Å²) in [6.45, 7) is 1.07. The number of nitrogens with two attached hydrogens (primary N) is 2. The van der Waals surface area contributed by atoms with Crippen molar-refractivity contribution in [1.29, 1.82) is 5.41 Å². The van der Waals surface area contributed by atoms with Crippen LogP contribution in [0.15, 0.2) is 79.3 Å². The zero-order valence-corrected chi connectivity index (χ0v) is 18.5. The largest absolute Gasteiger partial charge is 0.404 e. The standard InChI is InChI=1S/C26H25FN6O/c27-21-9-6-18(7-10-21)25(30)22(14-29)20-8-11-24-32-15-23(33(24)16-20)17-2-4-19(5-3-17)26(34)31-13-1-12-28/h2-11,14-16,30H,1,12-13,28-29H2,(H,31,34)/b22-14-,30-25?. The summed E-state index contributed by atoms with van der Waals surface area (Å²) in [6, 6.07) is 16.7. The van der Waals surface area contributed by atoms with E-state index in [9.17, 15) is 9.18 Å². The average Bonchev–Trinajstić information content (AvgIpc) is 3.28. The monoisotopic (exact) mass is 456 g/mol. The SMILES string of the molecule is N=C(/C(=C\N)c1ccc2ncc(-c3ccc(C(=O)NCCCN)cc3)n2c1)c1ccc(F)cc1. The smallest absolute Gasteiger partial charge is 0.251 e. The van der Waals surface area contributed by atoms with E-state index in [1.165, 1.54) is 18.3 Å². The number of hydrogen-bond donors (Lipinski definition) is 4. The second-order valence-corrected chi connectivity index (χ2v) is 7.73. The number of nitrogens with one attached hydrogen (secondary N) is 2. The van der Waals surface area contributed by atoms with E-state index in [2.05, 4.69) is 10.3 Å². The number of hydrogen-bond acceptors (Lipinski definition) is 5. The van der Waals surface area contributed by atoms with E-state index >= 15 is 0 Å². The van der Waals surface area contributed by atoms with Gasteiger partial charge in [0.25, 0.3) is 5.91 Å². The predicted octanol–water partition coefficient (Wildman–Crippen LogP) is 3.59. The number of nitrogens with zero attached hydrogens (tertiary/aromatic N) is 2. The first-order valence-electron chi connectivity index (χ1n) is 10.8. The van der Waals surface area contributed by atoms with Crippen LogP contribution in [0.5, 0.6) is 0 Å². The van der Waals surface area contributed by atoms with Gasteiger partial charge in [0, 0.05) is 46.8 Å². The van der Waals surface area contributed by atoms with Gasteiger partial charge in [-0.25, -0.2) is 9.37 Å². The van der Waals surface area contributed by atoms with Crippen molar-refractivity contribution < 1.29 is 9.18 Å². The van der Waals surface area contributed by atoms with Crippen molar-refractivity contribution >= 4 is 22.8 Å². The first-order valence-corrected chi connectivity index (χ1v) is 10.8. The molecule has 0 aliphatic rings. The van der Waals surface area contributed by atoms with Crippen LogP contribution in [0.1, 0.15) is 27.9 Å². The van der Waals surface area contributed by atoms with E-state index in [0.29, 0.717) is 29.8 Å². The molecule has 2 heterocycles. The number of allylic oxidation sites excluding steroid dienone is 1. The highest BCUT2D eigenvalue weighted by Crippen LogP contribution is 2.25. The predicted molar refractivity (Wildman–Crippen MR) is 132 cm³/mol. The zero-order chi connectivity index (χ0) is 24.1. The second kappa shape index (κ2) is 10.1. The molecule has 4 aromatic rings. The lowest BCUT2D eigenvalue weighted by atomic mass is 9.98. The molecule has 1 amide bonds. The lowest BCUT2D eigenvalue weighted by Crippen LogP contribution is -2.25. The summed E-state index contributed by atoms with van der Waals surface area (Å²) < 4.78 is 15.2. The summed E-state index contributed by atoms with van der Waals surface area (Å²) in [5, 5.41) is 11.4. The lowest BCUT2D eigenvalue weighted by Gasteiger charge is -2.11. The van der Waals surface area contributed by atoms with Crippen LogP contribution < -0.4 is 16.8 Å². The molecule has 4 rings (SSSR count). The van der Waals surface area contributed by atoms with Crippen LogP contribution in [0.4, 0.5) is 4.39 Å². The van der Waals surface area contributed by atoms with E-state index in [4.69, 9.17) is 16.9 Å². The molecule has 0 bridgehead atoms.